The fraction of sp³-hybridized carbons (Fsp3) is 0.455. The normalized spacial score (nSPS) is 20.0. The lowest BCUT2D eigenvalue weighted by Crippen LogP contribution is -2.29. The van der Waals surface area contributed by atoms with Crippen molar-refractivity contribution in [3.63, 3.8) is 0 Å². The molecule has 0 amide bonds. The van der Waals surface area contributed by atoms with Crippen LogP contribution in [-0.2, 0) is 10.0 Å². The van der Waals surface area contributed by atoms with E-state index in [0.29, 0.717) is 13.1 Å². The van der Waals surface area contributed by atoms with E-state index in [1.807, 2.05) is 6.92 Å². The van der Waals surface area contributed by atoms with Crippen LogP contribution in [0.5, 0.6) is 0 Å². The molecule has 9 heteroatoms. The lowest BCUT2D eigenvalue weighted by Gasteiger charge is -2.16. The van der Waals surface area contributed by atoms with Gasteiger partial charge in [-0.25, -0.2) is 8.42 Å². The molecule has 0 spiro atoms. The van der Waals surface area contributed by atoms with Crippen molar-refractivity contribution in [1.29, 1.82) is 0 Å². The van der Waals surface area contributed by atoms with E-state index >= 15 is 0 Å². The molecule has 1 heterocycles. The molecular weight excluding hydrogens is 284 g/mol. The van der Waals surface area contributed by atoms with E-state index in [1.54, 1.807) is 0 Å². The van der Waals surface area contributed by atoms with Gasteiger partial charge >= 0.3 is 5.69 Å². The second-order valence-corrected chi connectivity index (χ2v) is 6.72. The predicted molar refractivity (Wildman–Crippen MR) is 73.4 cm³/mol. The minimum atomic E-state index is -3.88. The van der Waals surface area contributed by atoms with Gasteiger partial charge in [-0.3, -0.25) is 16.0 Å². The molecule has 20 heavy (non-hydrogen) atoms. The predicted octanol–water partition coefficient (Wildman–Crippen LogP) is 0.911. The first-order valence-electron chi connectivity index (χ1n) is 6.12. The van der Waals surface area contributed by atoms with Crippen LogP contribution in [0.25, 0.3) is 0 Å². The number of hydrazine groups is 1. The van der Waals surface area contributed by atoms with Gasteiger partial charge in [-0.2, -0.15) is 4.31 Å². The number of nitro groups is 1. The van der Waals surface area contributed by atoms with Crippen LogP contribution >= 0.6 is 0 Å². The Morgan fingerprint density at radius 3 is 2.70 bits per heavy atom. The lowest BCUT2D eigenvalue weighted by atomic mass is 10.2. The number of anilines is 1. The molecule has 0 radical (unpaired) electrons. The Hall–Kier alpha value is -1.71. The average molecular weight is 300 g/mol. The van der Waals surface area contributed by atoms with Crippen molar-refractivity contribution < 1.29 is 13.3 Å². The van der Waals surface area contributed by atoms with E-state index in [-0.39, 0.29) is 16.5 Å². The Morgan fingerprint density at radius 2 is 2.20 bits per heavy atom. The van der Waals surface area contributed by atoms with E-state index in [9.17, 15) is 18.5 Å². The molecule has 1 saturated heterocycles. The Labute approximate surface area is 116 Å². The summed E-state index contributed by atoms with van der Waals surface area (Å²) in [6, 6.07) is 4.02. The summed E-state index contributed by atoms with van der Waals surface area (Å²) in [5.74, 6) is 5.46. The first-order valence-corrected chi connectivity index (χ1v) is 7.56. The number of rotatable bonds is 4. The van der Waals surface area contributed by atoms with Gasteiger partial charge in [0.2, 0.25) is 10.0 Å². The van der Waals surface area contributed by atoms with Crippen molar-refractivity contribution in [2.45, 2.75) is 18.2 Å². The number of nitrogen functional groups attached to an aromatic ring is 1. The largest absolute Gasteiger partial charge is 0.318 e. The number of para-hydroxylation sites is 1. The van der Waals surface area contributed by atoms with Crippen LogP contribution in [-0.4, -0.2) is 30.7 Å². The van der Waals surface area contributed by atoms with Gasteiger partial charge in [-0.05, 0) is 24.5 Å². The number of hydrogen-bond donors (Lipinski definition) is 2. The molecule has 0 aromatic heterocycles. The van der Waals surface area contributed by atoms with Gasteiger partial charge in [0.1, 0.15) is 5.69 Å². The third-order valence-corrected chi connectivity index (χ3v) is 5.24. The molecular formula is C11H16N4O4S. The maximum atomic E-state index is 12.5. The van der Waals surface area contributed by atoms with E-state index in [2.05, 4.69) is 5.43 Å². The van der Waals surface area contributed by atoms with Crippen LogP contribution in [0.2, 0.25) is 0 Å². The summed E-state index contributed by atoms with van der Waals surface area (Å²) in [6.07, 6.45) is 0.752. The van der Waals surface area contributed by atoms with E-state index < -0.39 is 20.6 Å². The molecule has 1 aromatic carbocycles. The molecule has 1 atom stereocenters. The summed E-state index contributed by atoms with van der Waals surface area (Å²) in [5, 5.41) is 11.2. The Balaban J connectivity index is 2.54. The number of nitro benzene ring substituents is 1. The van der Waals surface area contributed by atoms with Crippen molar-refractivity contribution in [1.82, 2.24) is 4.31 Å². The van der Waals surface area contributed by atoms with Crippen LogP contribution in [0.1, 0.15) is 13.3 Å². The Bertz CT molecular complexity index is 631. The van der Waals surface area contributed by atoms with E-state index in [4.69, 9.17) is 5.84 Å². The van der Waals surface area contributed by atoms with E-state index in [1.165, 1.54) is 22.5 Å². The monoisotopic (exact) mass is 300 g/mol. The summed E-state index contributed by atoms with van der Waals surface area (Å²) in [4.78, 5) is 10.1. The summed E-state index contributed by atoms with van der Waals surface area (Å²) >= 11 is 0. The van der Waals surface area contributed by atoms with Crippen LogP contribution in [0.15, 0.2) is 23.1 Å². The highest BCUT2D eigenvalue weighted by molar-refractivity contribution is 7.89. The van der Waals surface area contributed by atoms with Crippen molar-refractivity contribution >= 4 is 21.4 Å². The second-order valence-electron chi connectivity index (χ2n) is 4.81. The molecule has 1 fully saturated rings. The number of nitrogens with one attached hydrogen (secondary N) is 1. The Morgan fingerprint density at radius 1 is 1.50 bits per heavy atom. The third kappa shape index (κ3) is 2.47. The van der Waals surface area contributed by atoms with Crippen LogP contribution in [0.4, 0.5) is 11.4 Å². The smallest absolute Gasteiger partial charge is 0.313 e. The van der Waals surface area contributed by atoms with E-state index in [0.717, 1.165) is 6.42 Å². The molecule has 110 valence electrons. The summed E-state index contributed by atoms with van der Waals surface area (Å²) in [6.45, 7) is 2.70. The van der Waals surface area contributed by atoms with Crippen molar-refractivity contribution in [3.8, 4) is 0 Å². The minimum Gasteiger partial charge on any atom is -0.318 e. The summed E-state index contributed by atoms with van der Waals surface area (Å²) in [5.41, 5.74) is 1.62. The highest BCUT2D eigenvalue weighted by Gasteiger charge is 2.36. The SMILES string of the molecule is CC1CCN(S(=O)(=O)c2cccc(NN)c2[N+](=O)[O-])C1. The molecule has 1 aliphatic heterocycles. The zero-order chi connectivity index (χ0) is 14.9. The number of nitrogens with zero attached hydrogens (tertiary/aromatic N) is 2. The van der Waals surface area contributed by atoms with Gasteiger partial charge in [0.25, 0.3) is 0 Å². The standard InChI is InChI=1S/C11H16N4O4S/c1-8-5-6-14(7-8)20(18,19)10-4-2-3-9(13-12)11(10)15(16)17/h2-4,8,13H,5-7,12H2,1H3. The zero-order valence-corrected chi connectivity index (χ0v) is 11.8. The minimum absolute atomic E-state index is 0.0247. The number of sulfonamides is 1. The highest BCUT2D eigenvalue weighted by atomic mass is 32.2. The maximum absolute atomic E-state index is 12.5. The fourth-order valence-corrected chi connectivity index (χ4v) is 4.04. The molecule has 0 bridgehead atoms. The fourth-order valence-electron chi connectivity index (χ4n) is 2.29. The van der Waals surface area contributed by atoms with Gasteiger partial charge < -0.3 is 5.43 Å². The molecule has 1 aromatic rings. The van der Waals surface area contributed by atoms with Crippen molar-refractivity contribution in [3.05, 3.63) is 28.3 Å². The molecule has 3 N–H and O–H groups in total. The molecule has 2 rings (SSSR count). The molecule has 0 aliphatic carbocycles. The lowest BCUT2D eigenvalue weighted by molar-refractivity contribution is -0.386. The highest BCUT2D eigenvalue weighted by Crippen LogP contribution is 2.34. The van der Waals surface area contributed by atoms with Crippen LogP contribution in [0.3, 0.4) is 0 Å². The number of benzene rings is 1. The first kappa shape index (κ1) is 14.7. The topological polar surface area (TPSA) is 119 Å². The average Bonchev–Trinajstić information content (AvgIpc) is 2.85. The second kappa shape index (κ2) is 5.35. The number of hydrogen-bond acceptors (Lipinski definition) is 6. The van der Waals surface area contributed by atoms with Crippen LogP contribution < -0.4 is 11.3 Å². The zero-order valence-electron chi connectivity index (χ0n) is 10.9. The molecule has 0 saturated carbocycles. The molecule has 8 nitrogen and oxygen atoms in total. The van der Waals surface area contributed by atoms with Crippen molar-refractivity contribution in [2.24, 2.45) is 11.8 Å². The van der Waals surface area contributed by atoms with Gasteiger partial charge in [0, 0.05) is 13.1 Å². The first-order chi connectivity index (χ1) is 9.37. The Kier molecular flexibility index (Phi) is 3.93. The quantitative estimate of drug-likeness (QED) is 0.484. The maximum Gasteiger partial charge on any atom is 0.313 e. The van der Waals surface area contributed by atoms with Gasteiger partial charge in [0.15, 0.2) is 4.90 Å². The summed E-state index contributed by atoms with van der Waals surface area (Å²) in [7, 11) is -3.88. The van der Waals surface area contributed by atoms with Crippen molar-refractivity contribution in [2.75, 3.05) is 18.5 Å². The van der Waals surface area contributed by atoms with Gasteiger partial charge in [-0.1, -0.05) is 13.0 Å². The van der Waals surface area contributed by atoms with Gasteiger partial charge in [0.05, 0.1) is 4.92 Å². The van der Waals surface area contributed by atoms with Gasteiger partial charge in [-0.15, -0.1) is 0 Å². The third-order valence-electron chi connectivity index (χ3n) is 3.34. The molecule has 1 aliphatic rings. The van der Waals surface area contributed by atoms with Crippen LogP contribution in [0, 0.1) is 16.0 Å². The molecule has 1 unspecified atom stereocenters. The summed E-state index contributed by atoms with van der Waals surface area (Å²) < 4.78 is 26.3. The number of nitrogens with two attached hydrogens (primary N) is 1.